The maximum absolute atomic E-state index is 13.2. The van der Waals surface area contributed by atoms with Gasteiger partial charge in [0.05, 0.1) is 24.1 Å². The quantitative estimate of drug-likeness (QED) is 0.616. The third kappa shape index (κ3) is 4.97. The van der Waals surface area contributed by atoms with E-state index < -0.39 is 23.2 Å². The van der Waals surface area contributed by atoms with Crippen LogP contribution in [-0.4, -0.2) is 105 Å². The third-order valence-corrected chi connectivity index (χ3v) is 8.03. The van der Waals surface area contributed by atoms with Gasteiger partial charge in [0.25, 0.3) is 0 Å². The monoisotopic (exact) mass is 544 g/mol. The van der Waals surface area contributed by atoms with E-state index in [1.807, 2.05) is 56.3 Å². The second-order valence-electron chi connectivity index (χ2n) is 12.6. The maximum atomic E-state index is 13.2. The Kier molecular flexibility index (Phi) is 6.54. The van der Waals surface area contributed by atoms with E-state index in [1.54, 1.807) is 0 Å². The summed E-state index contributed by atoms with van der Waals surface area (Å²) in [6.07, 6.45) is 3.67. The lowest BCUT2D eigenvalue weighted by molar-refractivity contribution is -0.199. The molecular weight excluding hydrogens is 504 g/mol. The molecule has 2 aromatic rings. The molecule has 2 aromatic heterocycles. The minimum Gasteiger partial charge on any atom is -0.444 e. The topological polar surface area (TPSA) is 126 Å². The molecule has 1 amide bonds. The van der Waals surface area contributed by atoms with Crippen LogP contribution < -0.4 is 5.73 Å². The average molecular weight is 545 g/mol. The van der Waals surface area contributed by atoms with E-state index in [0.29, 0.717) is 44.3 Å². The van der Waals surface area contributed by atoms with Crippen molar-refractivity contribution in [3.8, 4) is 0 Å². The zero-order chi connectivity index (χ0) is 27.6. The summed E-state index contributed by atoms with van der Waals surface area (Å²) >= 11 is 0. The van der Waals surface area contributed by atoms with Crippen molar-refractivity contribution in [2.45, 2.75) is 88.9 Å². The number of nitrogens with zero attached hydrogens (tertiary/aromatic N) is 5. The van der Waals surface area contributed by atoms with Gasteiger partial charge in [-0.15, -0.1) is 0 Å². The number of carbonyl (C=O) groups is 1. The molecule has 0 bridgehead atoms. The highest BCUT2D eigenvalue weighted by atomic mass is 16.8. The van der Waals surface area contributed by atoms with Crippen LogP contribution >= 0.6 is 0 Å². The predicted molar refractivity (Wildman–Crippen MR) is 142 cm³/mol. The fraction of sp³-hybridized carbons (Fsp3) is 0.741. The molecule has 4 aliphatic rings. The number of carbonyl (C=O) groups excluding carboxylic acids is 1. The molecule has 0 aliphatic carbocycles. The number of rotatable bonds is 3. The Bertz CT molecular complexity index is 1230. The first kappa shape index (κ1) is 26.7. The standard InChI is InChI=1S/C27H40N6O6/c1-25(2,3)39-24(34)33-11-12-35-15-27(33)8-6-9-31(14-27)13-18-19-20(38-26(4,5)37-19)23(36-18)32-10-7-17-21(28)29-16-30-22(17)32/h7,10,16,18-20,23H,6,8-9,11-15H2,1-5H3,(H2,28,29,30)/t18-,19-,20-,23?,27?/m1/s1. The van der Waals surface area contributed by atoms with E-state index in [-0.39, 0.29) is 24.4 Å². The zero-order valence-corrected chi connectivity index (χ0v) is 23.5. The predicted octanol–water partition coefficient (Wildman–Crippen LogP) is 2.53. The fourth-order valence-electron chi connectivity index (χ4n) is 6.52. The SMILES string of the molecule is CC(C)(C)OC(=O)N1CCOCC12CCCN(C[C@H]1OC(n3ccc4c(N)ncnc43)[C@@H]3OC(C)(C)O[C@H]13)C2. The normalized spacial score (nSPS) is 33.1. The summed E-state index contributed by atoms with van der Waals surface area (Å²) in [5.74, 6) is -0.308. The van der Waals surface area contributed by atoms with Crippen molar-refractivity contribution >= 4 is 22.9 Å². The number of fused-ring (bicyclic) bond motifs is 2. The first-order valence-corrected chi connectivity index (χ1v) is 13.8. The molecule has 5 atom stereocenters. The van der Waals surface area contributed by atoms with Gasteiger partial charge in [-0.05, 0) is 60.1 Å². The molecule has 214 valence electrons. The van der Waals surface area contributed by atoms with Crippen LogP contribution in [0.3, 0.4) is 0 Å². The van der Waals surface area contributed by atoms with E-state index in [0.717, 1.165) is 24.8 Å². The number of amides is 1. The molecule has 1 spiro atoms. The molecule has 4 aliphatic heterocycles. The molecule has 6 heterocycles. The summed E-state index contributed by atoms with van der Waals surface area (Å²) in [6.45, 7) is 13.3. The van der Waals surface area contributed by atoms with E-state index in [4.69, 9.17) is 29.4 Å². The number of ether oxygens (including phenoxy) is 5. The second-order valence-corrected chi connectivity index (χ2v) is 12.6. The summed E-state index contributed by atoms with van der Waals surface area (Å²) in [5, 5.41) is 0.775. The van der Waals surface area contributed by atoms with Gasteiger partial charge in [0.1, 0.15) is 41.7 Å². The summed E-state index contributed by atoms with van der Waals surface area (Å²) in [4.78, 5) is 26.0. The van der Waals surface area contributed by atoms with Gasteiger partial charge >= 0.3 is 6.09 Å². The number of hydrogen-bond donors (Lipinski definition) is 1. The number of piperidine rings is 1. The lowest BCUT2D eigenvalue weighted by atomic mass is 9.86. The highest BCUT2D eigenvalue weighted by Gasteiger charge is 2.57. The summed E-state index contributed by atoms with van der Waals surface area (Å²) < 4.78 is 33.1. The van der Waals surface area contributed by atoms with Crippen LogP contribution in [0.15, 0.2) is 18.6 Å². The minimum absolute atomic E-state index is 0.243. The van der Waals surface area contributed by atoms with Crippen molar-refractivity contribution in [1.29, 1.82) is 0 Å². The van der Waals surface area contributed by atoms with Crippen LogP contribution in [0.2, 0.25) is 0 Å². The molecule has 2 unspecified atom stereocenters. The van der Waals surface area contributed by atoms with Gasteiger partial charge in [-0.2, -0.15) is 0 Å². The minimum atomic E-state index is -0.736. The van der Waals surface area contributed by atoms with Crippen LogP contribution in [0, 0.1) is 0 Å². The molecule has 6 rings (SSSR count). The molecule has 39 heavy (non-hydrogen) atoms. The van der Waals surface area contributed by atoms with Crippen LogP contribution in [0.25, 0.3) is 11.0 Å². The van der Waals surface area contributed by atoms with Crippen molar-refractivity contribution in [2.75, 3.05) is 45.1 Å². The lowest BCUT2D eigenvalue weighted by Gasteiger charge is -2.51. The van der Waals surface area contributed by atoms with Crippen molar-refractivity contribution in [3.63, 3.8) is 0 Å². The number of hydrogen-bond acceptors (Lipinski definition) is 10. The van der Waals surface area contributed by atoms with Crippen LogP contribution in [0.4, 0.5) is 10.6 Å². The number of anilines is 1. The summed E-state index contributed by atoms with van der Waals surface area (Å²) in [7, 11) is 0. The molecule has 12 nitrogen and oxygen atoms in total. The Hall–Kier alpha value is -2.51. The van der Waals surface area contributed by atoms with Crippen molar-refractivity contribution in [3.05, 3.63) is 18.6 Å². The van der Waals surface area contributed by atoms with Crippen molar-refractivity contribution in [1.82, 2.24) is 24.3 Å². The molecule has 0 radical (unpaired) electrons. The largest absolute Gasteiger partial charge is 0.444 e. The van der Waals surface area contributed by atoms with E-state index >= 15 is 0 Å². The van der Waals surface area contributed by atoms with Gasteiger partial charge in [-0.1, -0.05) is 0 Å². The number of likely N-dealkylation sites (tertiary alicyclic amines) is 1. The smallest absolute Gasteiger partial charge is 0.410 e. The lowest BCUT2D eigenvalue weighted by Crippen LogP contribution is -2.66. The van der Waals surface area contributed by atoms with Gasteiger partial charge in [0, 0.05) is 25.8 Å². The van der Waals surface area contributed by atoms with Crippen molar-refractivity contribution in [2.24, 2.45) is 0 Å². The molecule has 4 saturated heterocycles. The summed E-state index contributed by atoms with van der Waals surface area (Å²) in [6, 6.07) is 1.90. The zero-order valence-electron chi connectivity index (χ0n) is 23.5. The van der Waals surface area contributed by atoms with Crippen LogP contribution in [-0.2, 0) is 23.7 Å². The Labute approximate surface area is 228 Å². The Balaban J connectivity index is 1.23. The Morgan fingerprint density at radius 3 is 2.79 bits per heavy atom. The van der Waals surface area contributed by atoms with Gasteiger partial charge in [0.2, 0.25) is 0 Å². The molecule has 4 fully saturated rings. The molecule has 12 heteroatoms. The number of nitrogens with two attached hydrogens (primary N) is 1. The van der Waals surface area contributed by atoms with Gasteiger partial charge in [0.15, 0.2) is 12.0 Å². The second kappa shape index (κ2) is 9.55. The average Bonchev–Trinajstić information content (AvgIpc) is 3.50. The van der Waals surface area contributed by atoms with Gasteiger partial charge < -0.3 is 34.0 Å². The highest BCUT2D eigenvalue weighted by molar-refractivity contribution is 5.86. The number of morpholine rings is 1. The van der Waals surface area contributed by atoms with Gasteiger partial charge in [-0.3, -0.25) is 9.80 Å². The fourth-order valence-corrected chi connectivity index (χ4v) is 6.52. The van der Waals surface area contributed by atoms with E-state index in [2.05, 4.69) is 14.9 Å². The van der Waals surface area contributed by atoms with Crippen LogP contribution in [0.5, 0.6) is 0 Å². The molecule has 2 N–H and O–H groups in total. The number of aromatic nitrogens is 3. The molecule has 0 saturated carbocycles. The Morgan fingerprint density at radius 2 is 2.00 bits per heavy atom. The van der Waals surface area contributed by atoms with Crippen molar-refractivity contribution < 1.29 is 28.5 Å². The number of nitrogen functional groups attached to an aromatic ring is 1. The van der Waals surface area contributed by atoms with Crippen LogP contribution in [0.1, 0.15) is 53.7 Å². The van der Waals surface area contributed by atoms with E-state index in [9.17, 15) is 4.79 Å². The van der Waals surface area contributed by atoms with E-state index in [1.165, 1.54) is 6.33 Å². The maximum Gasteiger partial charge on any atom is 0.410 e. The third-order valence-electron chi connectivity index (χ3n) is 8.03. The van der Waals surface area contributed by atoms with Gasteiger partial charge in [-0.25, -0.2) is 14.8 Å². The highest BCUT2D eigenvalue weighted by Crippen LogP contribution is 2.45. The first-order chi connectivity index (χ1) is 18.4. The molecular formula is C27H40N6O6. The molecule has 0 aromatic carbocycles. The summed E-state index contributed by atoms with van der Waals surface area (Å²) in [5.41, 5.74) is 5.79. The first-order valence-electron chi connectivity index (χ1n) is 13.8. The Morgan fingerprint density at radius 1 is 1.21 bits per heavy atom.